The molecule has 0 amide bonds. The number of benzene rings is 2. The molecular formula is C42H53NO15. The number of phenolic OH excluding ortho intramolecular Hbond substituents is 3. The fourth-order valence-corrected chi connectivity index (χ4v) is 9.29. The SMILES string of the molecule is CC[C@@]1(O)C[C@H](OC2CC(N(C)C)C(OC3CCC(OC4CCC(=O)C(C)O4)C(C)O3)C(C)O2)c2c(O)c3c(c(O)c2[C@H]1C(=O)OC)C(=O)c1cccc(O)c1C3=O. The number of aromatic hydroxyl groups is 3. The van der Waals surface area contributed by atoms with Crippen LogP contribution in [0.2, 0.25) is 0 Å². The second-order valence-corrected chi connectivity index (χ2v) is 16.2. The molecule has 3 aliphatic heterocycles. The van der Waals surface area contributed by atoms with Gasteiger partial charge in [0.25, 0.3) is 0 Å². The summed E-state index contributed by atoms with van der Waals surface area (Å²) in [6.07, 6.45) is -3.45. The van der Waals surface area contributed by atoms with Gasteiger partial charge in [-0.3, -0.25) is 19.2 Å². The highest BCUT2D eigenvalue weighted by molar-refractivity contribution is 6.31. The number of ether oxygens (including phenoxy) is 7. The smallest absolute Gasteiger partial charge is 0.316 e. The number of hydrogen-bond acceptors (Lipinski definition) is 16. The number of carbonyl (C=O) groups excluding carboxylic acids is 4. The molecule has 5 aliphatic rings. The number of Topliss-reactive ketones (excluding diaryl/α,β-unsaturated/α-hetero) is 1. The van der Waals surface area contributed by atoms with E-state index in [4.69, 9.17) is 33.2 Å². The zero-order chi connectivity index (χ0) is 42.0. The normalized spacial score (nSPS) is 35.0. The molecule has 0 spiro atoms. The highest BCUT2D eigenvalue weighted by Crippen LogP contribution is 2.57. The van der Waals surface area contributed by atoms with E-state index in [0.29, 0.717) is 25.7 Å². The van der Waals surface area contributed by atoms with Gasteiger partial charge in [0.15, 0.2) is 30.4 Å². The molecule has 0 saturated carbocycles. The summed E-state index contributed by atoms with van der Waals surface area (Å²) >= 11 is 0. The molecule has 7 rings (SSSR count). The molecule has 16 nitrogen and oxygen atoms in total. The second-order valence-electron chi connectivity index (χ2n) is 16.2. The number of phenols is 3. The lowest BCUT2D eigenvalue weighted by Crippen LogP contribution is -2.57. The second kappa shape index (κ2) is 16.2. The van der Waals surface area contributed by atoms with Gasteiger partial charge in [0.05, 0.1) is 53.8 Å². The largest absolute Gasteiger partial charge is 0.507 e. The molecule has 0 bridgehead atoms. The van der Waals surface area contributed by atoms with E-state index in [1.165, 1.54) is 18.2 Å². The van der Waals surface area contributed by atoms with Gasteiger partial charge < -0.3 is 58.5 Å². The predicted molar refractivity (Wildman–Crippen MR) is 202 cm³/mol. The number of likely N-dealkylation sites (N-methyl/N-ethyl adjacent to an activating group) is 1. The summed E-state index contributed by atoms with van der Waals surface area (Å²) < 4.78 is 42.9. The first-order chi connectivity index (χ1) is 27.5. The molecule has 2 aliphatic carbocycles. The Balaban J connectivity index is 1.15. The first kappa shape index (κ1) is 42.1. The van der Waals surface area contributed by atoms with Crippen molar-refractivity contribution in [3.63, 3.8) is 0 Å². The maximum absolute atomic E-state index is 14.0. The minimum Gasteiger partial charge on any atom is -0.507 e. The number of esters is 1. The van der Waals surface area contributed by atoms with Crippen LogP contribution in [0.15, 0.2) is 18.2 Å². The van der Waals surface area contributed by atoms with Gasteiger partial charge in [0, 0.05) is 54.8 Å². The van der Waals surface area contributed by atoms with Crippen LogP contribution in [-0.2, 0) is 42.7 Å². The van der Waals surface area contributed by atoms with Crippen LogP contribution < -0.4 is 0 Å². The van der Waals surface area contributed by atoms with E-state index in [-0.39, 0.29) is 65.5 Å². The zero-order valence-corrected chi connectivity index (χ0v) is 33.8. The fourth-order valence-electron chi connectivity index (χ4n) is 9.29. The average Bonchev–Trinajstić information content (AvgIpc) is 3.17. The molecule has 2 aromatic carbocycles. The van der Waals surface area contributed by atoms with Crippen LogP contribution in [0.4, 0.5) is 0 Å². The molecule has 12 atom stereocenters. The number of nitrogens with zero attached hydrogens (tertiary/aromatic N) is 1. The molecule has 9 unspecified atom stereocenters. The van der Waals surface area contributed by atoms with Gasteiger partial charge in [0.2, 0.25) is 5.78 Å². The molecule has 2 aromatic rings. The minimum absolute atomic E-state index is 0.0245. The third kappa shape index (κ3) is 7.31. The molecule has 3 heterocycles. The number of ketones is 3. The van der Waals surface area contributed by atoms with Crippen molar-refractivity contribution in [2.75, 3.05) is 21.2 Å². The number of aliphatic hydroxyl groups is 1. The van der Waals surface area contributed by atoms with Crippen LogP contribution in [0.1, 0.15) is 128 Å². The van der Waals surface area contributed by atoms with Gasteiger partial charge in [0.1, 0.15) is 35.4 Å². The van der Waals surface area contributed by atoms with Crippen LogP contribution in [0.3, 0.4) is 0 Å². The molecule has 16 heteroatoms. The molecule has 0 aromatic heterocycles. The summed E-state index contributed by atoms with van der Waals surface area (Å²) in [6.45, 7) is 7.10. The van der Waals surface area contributed by atoms with E-state index in [1.54, 1.807) is 13.8 Å². The van der Waals surface area contributed by atoms with Gasteiger partial charge in [-0.25, -0.2) is 0 Å². The van der Waals surface area contributed by atoms with Crippen molar-refractivity contribution in [3.05, 3.63) is 51.6 Å². The minimum atomic E-state index is -1.90. The number of rotatable bonds is 9. The van der Waals surface area contributed by atoms with Crippen LogP contribution in [0, 0.1) is 0 Å². The van der Waals surface area contributed by atoms with Crippen molar-refractivity contribution in [2.45, 2.75) is 146 Å². The first-order valence-electron chi connectivity index (χ1n) is 19.9. The molecular weight excluding hydrogens is 758 g/mol. The molecule has 3 saturated heterocycles. The summed E-state index contributed by atoms with van der Waals surface area (Å²) in [7, 11) is 4.89. The summed E-state index contributed by atoms with van der Waals surface area (Å²) in [6, 6.07) is 3.61. The van der Waals surface area contributed by atoms with E-state index < -0.39 is 101 Å². The van der Waals surface area contributed by atoms with Crippen molar-refractivity contribution in [3.8, 4) is 17.2 Å². The van der Waals surface area contributed by atoms with Crippen LogP contribution in [0.25, 0.3) is 0 Å². The molecule has 3 fully saturated rings. The lowest BCUT2D eigenvalue weighted by Gasteiger charge is -2.48. The number of methoxy groups -OCH3 is 1. The standard InChI is InChI=1S/C42H53NO15/c1-8-42(51)17-26(31-32(35(42)41(50)52-7)39(49)33-34(38(31)48)37(47)30-21(36(33)46)10-9-11-24(30)45)57-29-16-22(43(5)6)40(20(4)55-29)58-28-15-13-25(19(3)54-28)56-27-14-12-23(44)18(2)53-27/h9-11,18-20,22,25-29,35,40,45,48-49,51H,8,12-17H2,1-7H3/t18?,19?,20?,22?,25?,26-,27?,28?,29?,35-,40?,42+/m0/s1. The van der Waals surface area contributed by atoms with Crippen molar-refractivity contribution in [2.24, 2.45) is 0 Å². The Bertz CT molecular complexity index is 1970. The topological polar surface area (TPSA) is 217 Å². The van der Waals surface area contributed by atoms with Crippen LogP contribution in [-0.4, -0.2) is 131 Å². The first-order valence-corrected chi connectivity index (χ1v) is 19.9. The fraction of sp³-hybridized carbons (Fsp3) is 0.619. The van der Waals surface area contributed by atoms with Crippen molar-refractivity contribution < 1.29 is 72.8 Å². The van der Waals surface area contributed by atoms with E-state index >= 15 is 0 Å². The predicted octanol–water partition coefficient (Wildman–Crippen LogP) is 3.89. The number of hydrogen-bond donors (Lipinski definition) is 4. The summed E-state index contributed by atoms with van der Waals surface area (Å²) in [5.41, 5.74) is -4.04. The number of fused-ring (bicyclic) bond motifs is 3. The highest BCUT2D eigenvalue weighted by atomic mass is 16.7. The van der Waals surface area contributed by atoms with Gasteiger partial charge >= 0.3 is 5.97 Å². The quantitative estimate of drug-likeness (QED) is 0.178. The monoisotopic (exact) mass is 811 g/mol. The van der Waals surface area contributed by atoms with Crippen LogP contribution in [0.5, 0.6) is 17.2 Å². The number of carbonyl (C=O) groups is 4. The van der Waals surface area contributed by atoms with Gasteiger partial charge in [-0.1, -0.05) is 19.1 Å². The molecule has 316 valence electrons. The summed E-state index contributed by atoms with van der Waals surface area (Å²) in [5.74, 6) is -6.23. The van der Waals surface area contributed by atoms with Crippen molar-refractivity contribution >= 4 is 23.3 Å². The lowest BCUT2D eigenvalue weighted by molar-refractivity contribution is -0.311. The van der Waals surface area contributed by atoms with E-state index in [2.05, 4.69) is 0 Å². The Morgan fingerprint density at radius 3 is 2.17 bits per heavy atom. The molecule has 0 radical (unpaired) electrons. The Morgan fingerprint density at radius 2 is 1.52 bits per heavy atom. The van der Waals surface area contributed by atoms with Gasteiger partial charge in [-0.15, -0.1) is 0 Å². The Labute approximate surface area is 336 Å². The third-order valence-electron chi connectivity index (χ3n) is 12.5. The Morgan fingerprint density at radius 1 is 0.845 bits per heavy atom. The third-order valence-corrected chi connectivity index (χ3v) is 12.5. The lowest BCUT2D eigenvalue weighted by atomic mass is 9.66. The van der Waals surface area contributed by atoms with Crippen molar-refractivity contribution in [1.82, 2.24) is 4.90 Å². The summed E-state index contributed by atoms with van der Waals surface area (Å²) in [4.78, 5) is 55.2. The van der Waals surface area contributed by atoms with Gasteiger partial charge in [-0.2, -0.15) is 0 Å². The van der Waals surface area contributed by atoms with E-state index in [0.717, 1.165) is 7.11 Å². The highest BCUT2D eigenvalue weighted by Gasteiger charge is 2.55. The molecule has 58 heavy (non-hydrogen) atoms. The maximum Gasteiger partial charge on any atom is 0.316 e. The van der Waals surface area contributed by atoms with E-state index in [1.807, 2.05) is 32.8 Å². The van der Waals surface area contributed by atoms with Gasteiger partial charge in [-0.05, 0) is 53.8 Å². The Hall–Kier alpha value is -4.00. The summed E-state index contributed by atoms with van der Waals surface area (Å²) in [5, 5.41) is 46.7. The Kier molecular flexibility index (Phi) is 11.8. The van der Waals surface area contributed by atoms with E-state index in [9.17, 15) is 39.6 Å². The average molecular weight is 812 g/mol. The zero-order valence-electron chi connectivity index (χ0n) is 33.8. The van der Waals surface area contributed by atoms with Crippen molar-refractivity contribution in [1.29, 1.82) is 0 Å². The maximum atomic E-state index is 14.0. The van der Waals surface area contributed by atoms with Crippen LogP contribution >= 0.6 is 0 Å². The molecule has 4 N–H and O–H groups in total.